The van der Waals surface area contributed by atoms with Crippen LogP contribution in [0.4, 0.5) is 0 Å². The Kier molecular flexibility index (Phi) is 3.76. The molecule has 1 aromatic rings. The predicted octanol–water partition coefficient (Wildman–Crippen LogP) is 0.336. The Bertz CT molecular complexity index is 615. The molecule has 118 valence electrons. The Morgan fingerprint density at radius 1 is 1.38 bits per heavy atom. The zero-order chi connectivity index (χ0) is 15.2. The number of ether oxygens (including phenoxy) is 1. The van der Waals surface area contributed by atoms with Crippen LogP contribution in [-0.2, 0) is 14.9 Å². The second-order valence-corrected chi connectivity index (χ2v) is 7.92. The first-order valence-corrected chi connectivity index (χ1v) is 8.41. The quantitative estimate of drug-likeness (QED) is 0.799. The summed E-state index contributed by atoms with van der Waals surface area (Å²) < 4.78 is 38.2. The van der Waals surface area contributed by atoms with Gasteiger partial charge in [-0.3, -0.25) is 0 Å². The van der Waals surface area contributed by atoms with E-state index in [1.165, 1.54) is 8.61 Å². The highest BCUT2D eigenvalue weighted by Crippen LogP contribution is 2.40. The zero-order valence-electron chi connectivity index (χ0n) is 12.4. The summed E-state index contributed by atoms with van der Waals surface area (Å²) in [6, 6.07) is 0. The molecule has 0 N–H and O–H groups in total. The maximum absolute atomic E-state index is 12.2. The third kappa shape index (κ3) is 2.70. The highest BCUT2D eigenvalue weighted by atomic mass is 32.2. The molecule has 9 heteroatoms. The van der Waals surface area contributed by atoms with Crippen molar-refractivity contribution in [3.63, 3.8) is 0 Å². The molecule has 3 rings (SSSR count). The summed E-state index contributed by atoms with van der Waals surface area (Å²) in [6.45, 7) is 2.68. The van der Waals surface area contributed by atoms with Gasteiger partial charge in [0.15, 0.2) is 5.82 Å². The molecule has 2 fully saturated rings. The lowest BCUT2D eigenvalue weighted by atomic mass is 9.93. The fourth-order valence-electron chi connectivity index (χ4n) is 2.95. The SMILES string of the molecule is Cc1noc([C@@H]2C[C@H]3CCN(S(=O)(=O)N(C)C)C[C@@H]3O2)n1. The van der Waals surface area contributed by atoms with Crippen LogP contribution in [0.2, 0.25) is 0 Å². The summed E-state index contributed by atoms with van der Waals surface area (Å²) in [7, 11) is -0.296. The van der Waals surface area contributed by atoms with E-state index in [-0.39, 0.29) is 12.2 Å². The van der Waals surface area contributed by atoms with Crippen molar-refractivity contribution in [1.29, 1.82) is 0 Å². The van der Waals surface area contributed by atoms with E-state index in [0.717, 1.165) is 12.8 Å². The first kappa shape index (κ1) is 14.9. The van der Waals surface area contributed by atoms with Crippen LogP contribution in [-0.4, -0.2) is 60.5 Å². The Morgan fingerprint density at radius 3 is 2.76 bits per heavy atom. The van der Waals surface area contributed by atoms with Crippen molar-refractivity contribution in [2.75, 3.05) is 27.2 Å². The normalized spacial score (nSPS) is 30.8. The van der Waals surface area contributed by atoms with Crippen molar-refractivity contribution >= 4 is 10.2 Å². The van der Waals surface area contributed by atoms with Gasteiger partial charge in [0.1, 0.15) is 6.10 Å². The number of aromatic nitrogens is 2. The summed E-state index contributed by atoms with van der Waals surface area (Å²) in [5.74, 6) is 1.42. The number of piperidine rings is 1. The van der Waals surface area contributed by atoms with Gasteiger partial charge in [0.25, 0.3) is 16.1 Å². The minimum absolute atomic E-state index is 0.106. The molecule has 3 atom stereocenters. The van der Waals surface area contributed by atoms with Gasteiger partial charge in [-0.25, -0.2) is 0 Å². The average molecular weight is 316 g/mol. The second-order valence-electron chi connectivity index (χ2n) is 5.78. The van der Waals surface area contributed by atoms with E-state index >= 15 is 0 Å². The molecular formula is C12H20N4O4S. The first-order valence-electron chi connectivity index (χ1n) is 7.01. The molecule has 3 heterocycles. The molecule has 0 unspecified atom stereocenters. The van der Waals surface area contributed by atoms with Crippen LogP contribution in [0.15, 0.2) is 4.52 Å². The van der Waals surface area contributed by atoms with Crippen molar-refractivity contribution in [2.45, 2.75) is 32.0 Å². The van der Waals surface area contributed by atoms with E-state index in [1.807, 2.05) is 0 Å². The summed E-state index contributed by atoms with van der Waals surface area (Å²) in [4.78, 5) is 4.20. The van der Waals surface area contributed by atoms with Crippen molar-refractivity contribution in [3.8, 4) is 0 Å². The molecular weight excluding hydrogens is 296 g/mol. The van der Waals surface area contributed by atoms with Gasteiger partial charge in [-0.1, -0.05) is 5.16 Å². The largest absolute Gasteiger partial charge is 0.363 e. The third-order valence-corrected chi connectivity index (χ3v) is 6.03. The predicted molar refractivity (Wildman–Crippen MR) is 73.6 cm³/mol. The maximum Gasteiger partial charge on any atom is 0.281 e. The number of aryl methyl sites for hydroxylation is 1. The molecule has 0 amide bonds. The molecule has 0 bridgehead atoms. The smallest absolute Gasteiger partial charge is 0.281 e. The average Bonchev–Trinajstić information content (AvgIpc) is 3.03. The van der Waals surface area contributed by atoms with E-state index in [9.17, 15) is 8.42 Å². The van der Waals surface area contributed by atoms with Crippen LogP contribution < -0.4 is 0 Å². The molecule has 0 aliphatic carbocycles. The van der Waals surface area contributed by atoms with E-state index in [4.69, 9.17) is 9.26 Å². The fourth-order valence-corrected chi connectivity index (χ4v) is 4.08. The van der Waals surface area contributed by atoms with E-state index in [0.29, 0.717) is 30.7 Å². The van der Waals surface area contributed by atoms with Gasteiger partial charge in [0, 0.05) is 27.2 Å². The number of rotatable bonds is 3. The topological polar surface area (TPSA) is 88.8 Å². The summed E-state index contributed by atoms with van der Waals surface area (Å²) in [5.41, 5.74) is 0. The molecule has 0 saturated carbocycles. The van der Waals surface area contributed by atoms with E-state index in [2.05, 4.69) is 10.1 Å². The molecule has 21 heavy (non-hydrogen) atoms. The van der Waals surface area contributed by atoms with Crippen LogP contribution in [0.3, 0.4) is 0 Å². The van der Waals surface area contributed by atoms with Crippen molar-refractivity contribution in [3.05, 3.63) is 11.7 Å². The van der Waals surface area contributed by atoms with Gasteiger partial charge < -0.3 is 9.26 Å². The number of hydrogen-bond donors (Lipinski definition) is 0. The zero-order valence-corrected chi connectivity index (χ0v) is 13.2. The molecule has 2 aliphatic heterocycles. The minimum atomic E-state index is -3.38. The van der Waals surface area contributed by atoms with E-state index in [1.54, 1.807) is 21.0 Å². The monoisotopic (exact) mass is 316 g/mol. The number of nitrogens with zero attached hydrogens (tertiary/aromatic N) is 4. The van der Waals surface area contributed by atoms with Crippen molar-refractivity contribution < 1.29 is 17.7 Å². The second kappa shape index (κ2) is 5.31. The Hall–Kier alpha value is -1.03. The highest BCUT2D eigenvalue weighted by Gasteiger charge is 2.44. The molecule has 0 radical (unpaired) electrons. The maximum atomic E-state index is 12.2. The van der Waals surface area contributed by atoms with Gasteiger partial charge in [-0.05, 0) is 25.7 Å². The Balaban J connectivity index is 1.70. The molecule has 0 spiro atoms. The number of hydrogen-bond acceptors (Lipinski definition) is 6. The standard InChI is InChI=1S/C12H20N4O4S/c1-8-13-12(20-14-8)10-6-9-4-5-16(7-11(9)19-10)21(17,18)15(2)3/h9-11H,4-7H2,1-3H3/t9-,10+,11+/m1/s1. The van der Waals surface area contributed by atoms with Gasteiger partial charge >= 0.3 is 0 Å². The van der Waals surface area contributed by atoms with Gasteiger partial charge in [0.05, 0.1) is 6.10 Å². The molecule has 8 nitrogen and oxygen atoms in total. The molecule has 2 aliphatic rings. The van der Waals surface area contributed by atoms with Crippen LogP contribution in [0, 0.1) is 12.8 Å². The van der Waals surface area contributed by atoms with Crippen molar-refractivity contribution in [1.82, 2.24) is 18.8 Å². The van der Waals surface area contributed by atoms with Gasteiger partial charge in [0.2, 0.25) is 0 Å². The van der Waals surface area contributed by atoms with E-state index < -0.39 is 10.2 Å². The number of fused-ring (bicyclic) bond motifs is 1. The lowest BCUT2D eigenvalue weighted by molar-refractivity contribution is -0.00269. The van der Waals surface area contributed by atoms with Crippen LogP contribution >= 0.6 is 0 Å². The van der Waals surface area contributed by atoms with Crippen molar-refractivity contribution in [2.24, 2.45) is 5.92 Å². The first-order chi connectivity index (χ1) is 9.88. The summed E-state index contributed by atoms with van der Waals surface area (Å²) in [5, 5.41) is 3.78. The minimum Gasteiger partial charge on any atom is -0.363 e. The summed E-state index contributed by atoms with van der Waals surface area (Å²) in [6.07, 6.45) is 1.28. The Morgan fingerprint density at radius 2 is 2.14 bits per heavy atom. The highest BCUT2D eigenvalue weighted by molar-refractivity contribution is 7.86. The lowest BCUT2D eigenvalue weighted by Crippen LogP contribution is -2.49. The fraction of sp³-hybridized carbons (Fsp3) is 0.833. The van der Waals surface area contributed by atoms with Gasteiger partial charge in [-0.2, -0.15) is 22.0 Å². The Labute approximate surface area is 124 Å². The van der Waals surface area contributed by atoms with Crippen LogP contribution in [0.1, 0.15) is 30.7 Å². The third-order valence-electron chi connectivity index (χ3n) is 4.12. The molecule has 0 aromatic carbocycles. The molecule has 1 aromatic heterocycles. The van der Waals surface area contributed by atoms with Crippen LogP contribution in [0.25, 0.3) is 0 Å². The summed E-state index contributed by atoms with van der Waals surface area (Å²) >= 11 is 0. The van der Waals surface area contributed by atoms with Crippen LogP contribution in [0.5, 0.6) is 0 Å². The molecule has 2 saturated heterocycles. The lowest BCUT2D eigenvalue weighted by Gasteiger charge is -2.34. The van der Waals surface area contributed by atoms with Gasteiger partial charge in [-0.15, -0.1) is 0 Å².